The molecule has 0 aliphatic heterocycles. The number of hydrogen-bond donors (Lipinski definition) is 2. The van der Waals surface area contributed by atoms with Crippen molar-refractivity contribution in [2.24, 2.45) is 0 Å². The molecule has 0 atom stereocenters. The van der Waals surface area contributed by atoms with Crippen LogP contribution in [0.2, 0.25) is 0 Å². The van der Waals surface area contributed by atoms with Crippen molar-refractivity contribution < 1.29 is 4.79 Å². The summed E-state index contributed by atoms with van der Waals surface area (Å²) in [5.74, 6) is 0.274. The van der Waals surface area contributed by atoms with Crippen molar-refractivity contribution in [2.45, 2.75) is 26.9 Å². The van der Waals surface area contributed by atoms with Crippen molar-refractivity contribution in [3.05, 3.63) is 74.2 Å². The smallest absolute Gasteiger partial charge is 0.251 e. The van der Waals surface area contributed by atoms with E-state index in [2.05, 4.69) is 15.3 Å². The van der Waals surface area contributed by atoms with Crippen LogP contribution in [-0.4, -0.2) is 20.4 Å². The van der Waals surface area contributed by atoms with Gasteiger partial charge in [0.25, 0.3) is 5.56 Å². The quantitative estimate of drug-likeness (QED) is 0.742. The van der Waals surface area contributed by atoms with Crippen LogP contribution in [0.15, 0.2) is 46.0 Å². The Kier molecular flexibility index (Phi) is 4.47. The summed E-state index contributed by atoms with van der Waals surface area (Å²) in [6.07, 6.45) is 0. The predicted molar refractivity (Wildman–Crippen MR) is 94.4 cm³/mol. The maximum absolute atomic E-state index is 12.3. The maximum atomic E-state index is 12.3. The highest BCUT2D eigenvalue weighted by atomic mass is 16.2. The summed E-state index contributed by atoms with van der Waals surface area (Å²) in [5.41, 5.74) is 1.61. The number of benzene rings is 1. The summed E-state index contributed by atoms with van der Waals surface area (Å²) in [6.45, 7) is 3.72. The Labute approximate surface area is 143 Å². The lowest BCUT2D eigenvalue weighted by atomic mass is 10.2. The summed E-state index contributed by atoms with van der Waals surface area (Å²) in [6, 6.07) is 10.1. The van der Waals surface area contributed by atoms with Crippen LogP contribution in [0.3, 0.4) is 0 Å². The highest BCUT2D eigenvalue weighted by Crippen LogP contribution is 2.12. The number of amides is 1. The van der Waals surface area contributed by atoms with Gasteiger partial charge in [-0.15, -0.1) is 0 Å². The van der Waals surface area contributed by atoms with E-state index in [0.29, 0.717) is 28.1 Å². The molecule has 0 aliphatic rings. The molecular formula is C18H18N4O3. The highest BCUT2D eigenvalue weighted by Gasteiger charge is 2.10. The third-order valence-electron chi connectivity index (χ3n) is 3.91. The molecule has 2 heterocycles. The van der Waals surface area contributed by atoms with Gasteiger partial charge in [0, 0.05) is 23.2 Å². The Morgan fingerprint density at radius 2 is 1.96 bits per heavy atom. The van der Waals surface area contributed by atoms with Gasteiger partial charge in [-0.3, -0.25) is 14.4 Å². The third-order valence-corrected chi connectivity index (χ3v) is 3.91. The minimum Gasteiger partial charge on any atom is -0.349 e. The molecule has 0 unspecified atom stereocenters. The molecule has 1 amide bonds. The lowest BCUT2D eigenvalue weighted by molar-refractivity contribution is -0.121. The SMILES string of the molecule is Cc1nc(CNC(=O)Cn2c(C)cc(=O)c3ccccc32)cc(=O)[nH]1. The number of carbonyl (C=O) groups is 1. The van der Waals surface area contributed by atoms with E-state index < -0.39 is 0 Å². The Balaban J connectivity index is 1.80. The molecule has 0 fully saturated rings. The number of pyridine rings is 1. The number of nitrogens with one attached hydrogen (secondary N) is 2. The molecule has 25 heavy (non-hydrogen) atoms. The first-order chi connectivity index (χ1) is 11.9. The van der Waals surface area contributed by atoms with Gasteiger partial charge in [0.15, 0.2) is 5.43 Å². The Bertz CT molecular complexity index is 1070. The summed E-state index contributed by atoms with van der Waals surface area (Å²) in [4.78, 5) is 42.5. The van der Waals surface area contributed by atoms with Crippen molar-refractivity contribution in [1.29, 1.82) is 0 Å². The molecule has 2 N–H and O–H groups in total. The van der Waals surface area contributed by atoms with E-state index in [1.165, 1.54) is 12.1 Å². The van der Waals surface area contributed by atoms with E-state index in [-0.39, 0.29) is 30.0 Å². The molecule has 2 aromatic heterocycles. The van der Waals surface area contributed by atoms with Crippen LogP contribution in [0.5, 0.6) is 0 Å². The van der Waals surface area contributed by atoms with Gasteiger partial charge in [-0.1, -0.05) is 12.1 Å². The minimum absolute atomic E-state index is 0.0621. The fourth-order valence-corrected chi connectivity index (χ4v) is 2.78. The third kappa shape index (κ3) is 3.65. The standard InChI is InChI=1S/C18H18N4O3/c1-11-7-16(23)14-5-3-4-6-15(14)22(11)10-18(25)19-9-13-8-17(24)21-12(2)20-13/h3-8H,9-10H2,1-2H3,(H,19,25)(H,20,21,24). The second-order valence-corrected chi connectivity index (χ2v) is 5.85. The van der Waals surface area contributed by atoms with Gasteiger partial charge in [0.05, 0.1) is 17.8 Å². The number of aryl methyl sites for hydroxylation is 2. The van der Waals surface area contributed by atoms with Crippen LogP contribution >= 0.6 is 0 Å². The molecule has 1 aromatic carbocycles. The zero-order valence-corrected chi connectivity index (χ0v) is 14.0. The topological polar surface area (TPSA) is 96.8 Å². The van der Waals surface area contributed by atoms with Crippen molar-refractivity contribution in [3.63, 3.8) is 0 Å². The summed E-state index contributed by atoms with van der Waals surface area (Å²) in [5, 5.41) is 3.33. The van der Waals surface area contributed by atoms with Crippen LogP contribution in [0, 0.1) is 13.8 Å². The molecular weight excluding hydrogens is 320 g/mol. The van der Waals surface area contributed by atoms with Crippen molar-refractivity contribution in [3.8, 4) is 0 Å². The Hall–Kier alpha value is -3.22. The number of aromatic nitrogens is 3. The number of para-hydroxylation sites is 1. The molecule has 3 rings (SSSR count). The molecule has 0 saturated carbocycles. The normalized spacial score (nSPS) is 10.8. The molecule has 7 heteroatoms. The van der Waals surface area contributed by atoms with Crippen LogP contribution in [-0.2, 0) is 17.9 Å². The molecule has 128 valence electrons. The molecule has 7 nitrogen and oxygen atoms in total. The lowest BCUT2D eigenvalue weighted by Crippen LogP contribution is -2.29. The number of rotatable bonds is 4. The number of hydrogen-bond acceptors (Lipinski definition) is 4. The average molecular weight is 338 g/mol. The van der Waals surface area contributed by atoms with Crippen LogP contribution in [0.1, 0.15) is 17.2 Å². The molecule has 3 aromatic rings. The number of H-pyrrole nitrogens is 1. The average Bonchev–Trinajstić information content (AvgIpc) is 2.56. The van der Waals surface area contributed by atoms with Gasteiger partial charge in [0.1, 0.15) is 12.4 Å². The molecule has 0 bridgehead atoms. The van der Waals surface area contributed by atoms with Crippen molar-refractivity contribution in [1.82, 2.24) is 19.9 Å². The number of nitrogens with zero attached hydrogens (tertiary/aromatic N) is 2. The van der Waals surface area contributed by atoms with E-state index in [9.17, 15) is 14.4 Å². The number of carbonyl (C=O) groups excluding carboxylic acids is 1. The van der Waals surface area contributed by atoms with Gasteiger partial charge >= 0.3 is 0 Å². The lowest BCUT2D eigenvalue weighted by Gasteiger charge is -2.14. The van der Waals surface area contributed by atoms with Crippen molar-refractivity contribution >= 4 is 16.8 Å². The first-order valence-electron chi connectivity index (χ1n) is 7.87. The highest BCUT2D eigenvalue weighted by molar-refractivity contribution is 5.82. The van der Waals surface area contributed by atoms with E-state index in [0.717, 1.165) is 0 Å². The zero-order valence-electron chi connectivity index (χ0n) is 14.0. The van der Waals surface area contributed by atoms with Crippen molar-refractivity contribution in [2.75, 3.05) is 0 Å². The fraction of sp³-hybridized carbons (Fsp3) is 0.222. The Morgan fingerprint density at radius 1 is 1.20 bits per heavy atom. The summed E-state index contributed by atoms with van der Waals surface area (Å²) in [7, 11) is 0. The summed E-state index contributed by atoms with van der Waals surface area (Å²) < 4.78 is 1.79. The zero-order chi connectivity index (χ0) is 18.0. The second kappa shape index (κ2) is 6.72. The van der Waals surface area contributed by atoms with Gasteiger partial charge in [0.2, 0.25) is 5.91 Å². The van der Waals surface area contributed by atoms with Gasteiger partial charge < -0.3 is 14.9 Å². The largest absolute Gasteiger partial charge is 0.349 e. The van der Waals surface area contributed by atoms with E-state index in [1.54, 1.807) is 30.5 Å². The number of aromatic amines is 1. The van der Waals surface area contributed by atoms with Crippen LogP contribution < -0.4 is 16.3 Å². The van der Waals surface area contributed by atoms with Crippen LogP contribution in [0.25, 0.3) is 10.9 Å². The minimum atomic E-state index is -0.251. The van der Waals surface area contributed by atoms with Gasteiger partial charge in [-0.05, 0) is 26.0 Å². The molecule has 0 aliphatic carbocycles. The molecule has 0 saturated heterocycles. The monoisotopic (exact) mass is 338 g/mol. The first-order valence-corrected chi connectivity index (χ1v) is 7.87. The van der Waals surface area contributed by atoms with E-state index in [4.69, 9.17) is 0 Å². The van der Waals surface area contributed by atoms with Gasteiger partial charge in [-0.2, -0.15) is 0 Å². The number of fused-ring (bicyclic) bond motifs is 1. The Morgan fingerprint density at radius 3 is 2.72 bits per heavy atom. The fourth-order valence-electron chi connectivity index (χ4n) is 2.78. The predicted octanol–water partition coefficient (Wildman–Crippen LogP) is 1.02. The summed E-state index contributed by atoms with van der Waals surface area (Å²) >= 11 is 0. The molecule has 0 spiro atoms. The second-order valence-electron chi connectivity index (χ2n) is 5.85. The first kappa shape index (κ1) is 16.6. The maximum Gasteiger partial charge on any atom is 0.251 e. The van der Waals surface area contributed by atoms with Gasteiger partial charge in [-0.25, -0.2) is 4.98 Å². The molecule has 0 radical (unpaired) electrons. The van der Waals surface area contributed by atoms with E-state index >= 15 is 0 Å². The van der Waals surface area contributed by atoms with Crippen LogP contribution in [0.4, 0.5) is 0 Å². The van der Waals surface area contributed by atoms with E-state index in [1.807, 2.05) is 12.1 Å².